The lowest BCUT2D eigenvalue weighted by molar-refractivity contribution is 0.0941. The number of nitrogens with one attached hydrogen (secondary N) is 1. The molecular formula is C22H29N3O3S. The first-order chi connectivity index (χ1) is 13.8. The molecule has 0 spiro atoms. The smallest absolute Gasteiger partial charge is 0.264 e. The first kappa shape index (κ1) is 21.3. The van der Waals surface area contributed by atoms with E-state index in [1.165, 1.54) is 17.8 Å². The summed E-state index contributed by atoms with van der Waals surface area (Å²) in [5.74, 6) is -0.136. The molecule has 0 bridgehead atoms. The van der Waals surface area contributed by atoms with Crippen LogP contribution in [0.15, 0.2) is 53.4 Å². The molecule has 0 unspecified atom stereocenters. The highest BCUT2D eigenvalue weighted by atomic mass is 32.2. The molecule has 7 heteroatoms. The Morgan fingerprint density at radius 1 is 1.14 bits per heavy atom. The Bertz CT molecular complexity index is 940. The van der Waals surface area contributed by atoms with Crippen LogP contribution in [-0.4, -0.2) is 51.9 Å². The first-order valence-corrected chi connectivity index (χ1v) is 11.4. The largest absolute Gasteiger partial charge is 0.350 e. The SMILES string of the molecule is CCN1CCC[C@H]1CNC(=O)c1ccc(N(C)S(=O)(=O)c2ccc(C)cc2)cc1. The normalized spacial score (nSPS) is 17.3. The van der Waals surface area contributed by atoms with E-state index in [2.05, 4.69) is 17.1 Å². The Morgan fingerprint density at radius 2 is 1.79 bits per heavy atom. The summed E-state index contributed by atoms with van der Waals surface area (Å²) < 4.78 is 26.9. The number of anilines is 1. The highest BCUT2D eigenvalue weighted by Crippen LogP contribution is 2.23. The standard InChI is InChI=1S/C22H29N3O3S/c1-4-25-15-5-6-20(25)16-23-22(26)18-9-11-19(12-10-18)24(3)29(27,28)21-13-7-17(2)8-14-21/h7-14,20H,4-6,15-16H2,1-3H3,(H,23,26)/t20-/m0/s1. The number of aryl methyl sites for hydroxylation is 1. The minimum Gasteiger partial charge on any atom is -0.350 e. The summed E-state index contributed by atoms with van der Waals surface area (Å²) in [5, 5.41) is 3.00. The molecule has 0 aromatic heterocycles. The second-order valence-electron chi connectivity index (χ2n) is 7.47. The third-order valence-electron chi connectivity index (χ3n) is 5.58. The van der Waals surface area contributed by atoms with Gasteiger partial charge in [0.15, 0.2) is 0 Å². The number of rotatable bonds is 7. The molecule has 0 saturated carbocycles. The van der Waals surface area contributed by atoms with Gasteiger partial charge in [-0.2, -0.15) is 0 Å². The fourth-order valence-electron chi connectivity index (χ4n) is 3.69. The van der Waals surface area contributed by atoms with Gasteiger partial charge >= 0.3 is 0 Å². The van der Waals surface area contributed by atoms with Crippen LogP contribution in [0.25, 0.3) is 0 Å². The van der Waals surface area contributed by atoms with E-state index < -0.39 is 10.0 Å². The Labute approximate surface area is 173 Å². The van der Waals surface area contributed by atoms with Crippen molar-refractivity contribution in [3.63, 3.8) is 0 Å². The van der Waals surface area contributed by atoms with Crippen molar-refractivity contribution in [2.45, 2.75) is 37.6 Å². The lowest BCUT2D eigenvalue weighted by atomic mass is 10.1. The van der Waals surface area contributed by atoms with E-state index in [0.29, 0.717) is 23.8 Å². The Morgan fingerprint density at radius 3 is 2.41 bits per heavy atom. The van der Waals surface area contributed by atoms with Crippen LogP contribution < -0.4 is 9.62 Å². The molecule has 3 rings (SSSR count). The minimum absolute atomic E-state index is 0.136. The molecule has 156 valence electrons. The van der Waals surface area contributed by atoms with Crippen LogP contribution in [0, 0.1) is 6.92 Å². The van der Waals surface area contributed by atoms with Crippen LogP contribution in [0.1, 0.15) is 35.7 Å². The fraction of sp³-hybridized carbons (Fsp3) is 0.409. The van der Waals surface area contributed by atoms with E-state index in [1.54, 1.807) is 48.5 Å². The summed E-state index contributed by atoms with van der Waals surface area (Å²) in [6.45, 7) is 6.77. The summed E-state index contributed by atoms with van der Waals surface area (Å²) in [4.78, 5) is 15.1. The van der Waals surface area contributed by atoms with Gasteiger partial charge in [0.05, 0.1) is 10.6 Å². The zero-order valence-electron chi connectivity index (χ0n) is 17.3. The van der Waals surface area contributed by atoms with Crippen molar-refractivity contribution in [1.82, 2.24) is 10.2 Å². The molecule has 1 amide bonds. The summed E-state index contributed by atoms with van der Waals surface area (Å²) in [6, 6.07) is 13.8. The lowest BCUT2D eigenvalue weighted by Crippen LogP contribution is -2.40. The monoisotopic (exact) mass is 415 g/mol. The molecule has 1 fully saturated rings. The molecular weight excluding hydrogens is 386 g/mol. The lowest BCUT2D eigenvalue weighted by Gasteiger charge is -2.23. The van der Waals surface area contributed by atoms with Crippen molar-refractivity contribution in [2.24, 2.45) is 0 Å². The summed E-state index contributed by atoms with van der Waals surface area (Å²) >= 11 is 0. The van der Waals surface area contributed by atoms with Crippen molar-refractivity contribution >= 4 is 21.6 Å². The molecule has 0 aliphatic carbocycles. The van der Waals surface area contributed by atoms with Gasteiger partial charge in [0.25, 0.3) is 15.9 Å². The fourth-order valence-corrected chi connectivity index (χ4v) is 4.88. The molecule has 1 aliphatic rings. The molecule has 0 radical (unpaired) electrons. The van der Waals surface area contributed by atoms with Gasteiger partial charge in [-0.1, -0.05) is 24.6 Å². The topological polar surface area (TPSA) is 69.7 Å². The van der Waals surface area contributed by atoms with Gasteiger partial charge in [0.2, 0.25) is 0 Å². The zero-order valence-corrected chi connectivity index (χ0v) is 18.1. The first-order valence-electron chi connectivity index (χ1n) is 10.0. The number of likely N-dealkylation sites (tertiary alicyclic amines) is 1. The number of carbonyl (C=O) groups excluding carboxylic acids is 1. The highest BCUT2D eigenvalue weighted by molar-refractivity contribution is 7.92. The molecule has 1 saturated heterocycles. The van der Waals surface area contributed by atoms with Gasteiger partial charge in [-0.25, -0.2) is 8.42 Å². The van der Waals surface area contributed by atoms with Crippen LogP contribution in [-0.2, 0) is 10.0 Å². The summed E-state index contributed by atoms with van der Waals surface area (Å²) in [6.07, 6.45) is 2.28. The number of amides is 1. The average molecular weight is 416 g/mol. The van der Waals surface area contributed by atoms with Crippen LogP contribution in [0.4, 0.5) is 5.69 Å². The van der Waals surface area contributed by atoms with Gasteiger partial charge in [-0.15, -0.1) is 0 Å². The van der Waals surface area contributed by atoms with Crippen molar-refractivity contribution < 1.29 is 13.2 Å². The maximum atomic E-state index is 12.8. The van der Waals surface area contributed by atoms with Crippen LogP contribution >= 0.6 is 0 Å². The van der Waals surface area contributed by atoms with Gasteiger partial charge in [0.1, 0.15) is 0 Å². The zero-order chi connectivity index (χ0) is 21.0. The van der Waals surface area contributed by atoms with E-state index in [9.17, 15) is 13.2 Å². The molecule has 2 aromatic rings. The predicted molar refractivity (Wildman–Crippen MR) is 116 cm³/mol. The number of hydrogen-bond donors (Lipinski definition) is 1. The highest BCUT2D eigenvalue weighted by Gasteiger charge is 2.24. The Kier molecular flexibility index (Phi) is 6.59. The van der Waals surface area contributed by atoms with Gasteiger partial charge in [0, 0.05) is 25.2 Å². The van der Waals surface area contributed by atoms with E-state index in [0.717, 1.165) is 25.1 Å². The second kappa shape index (κ2) is 8.97. The molecule has 1 aliphatic heterocycles. The predicted octanol–water partition coefficient (Wildman–Crippen LogP) is 3.03. The van der Waals surface area contributed by atoms with Crippen molar-refractivity contribution in [3.8, 4) is 0 Å². The number of likely N-dealkylation sites (N-methyl/N-ethyl adjacent to an activating group) is 1. The van der Waals surface area contributed by atoms with Crippen molar-refractivity contribution in [2.75, 3.05) is 31.0 Å². The Hall–Kier alpha value is -2.38. The second-order valence-corrected chi connectivity index (χ2v) is 9.44. The molecule has 29 heavy (non-hydrogen) atoms. The maximum Gasteiger partial charge on any atom is 0.264 e. The van der Waals surface area contributed by atoms with Crippen LogP contribution in [0.3, 0.4) is 0 Å². The molecule has 1 heterocycles. The number of nitrogens with zero attached hydrogens (tertiary/aromatic N) is 2. The molecule has 1 N–H and O–H groups in total. The summed E-state index contributed by atoms with van der Waals surface area (Å²) in [5.41, 5.74) is 2.03. The minimum atomic E-state index is -3.65. The van der Waals surface area contributed by atoms with Gasteiger partial charge in [-0.05, 0) is 69.3 Å². The Balaban J connectivity index is 1.66. The van der Waals surface area contributed by atoms with Crippen LogP contribution in [0.5, 0.6) is 0 Å². The maximum absolute atomic E-state index is 12.8. The van der Waals surface area contributed by atoms with Crippen molar-refractivity contribution in [1.29, 1.82) is 0 Å². The molecule has 1 atom stereocenters. The molecule has 2 aromatic carbocycles. The van der Waals surface area contributed by atoms with E-state index >= 15 is 0 Å². The van der Waals surface area contributed by atoms with E-state index in [1.807, 2.05) is 6.92 Å². The third-order valence-corrected chi connectivity index (χ3v) is 7.38. The number of carbonyl (C=O) groups is 1. The third kappa shape index (κ3) is 4.79. The average Bonchev–Trinajstić information content (AvgIpc) is 3.19. The van der Waals surface area contributed by atoms with Gasteiger partial charge < -0.3 is 5.32 Å². The summed E-state index contributed by atoms with van der Waals surface area (Å²) in [7, 11) is -2.13. The van der Waals surface area contributed by atoms with E-state index in [4.69, 9.17) is 0 Å². The van der Waals surface area contributed by atoms with Gasteiger partial charge in [-0.3, -0.25) is 14.0 Å². The number of hydrogen-bond acceptors (Lipinski definition) is 4. The van der Waals surface area contributed by atoms with Crippen LogP contribution in [0.2, 0.25) is 0 Å². The van der Waals surface area contributed by atoms with E-state index in [-0.39, 0.29) is 10.8 Å². The van der Waals surface area contributed by atoms with Crippen molar-refractivity contribution in [3.05, 3.63) is 59.7 Å². The number of sulfonamides is 1. The quantitative estimate of drug-likeness (QED) is 0.755. The molecule has 6 nitrogen and oxygen atoms in total. The number of benzene rings is 2.